The minimum atomic E-state index is -0.805. The van der Waals surface area contributed by atoms with E-state index in [1.54, 1.807) is 0 Å². The fourth-order valence-electron chi connectivity index (χ4n) is 3.44. The van der Waals surface area contributed by atoms with Crippen molar-refractivity contribution in [3.8, 4) is 0 Å². The lowest BCUT2D eigenvalue weighted by Gasteiger charge is -2.36. The molecule has 13 heteroatoms. The molecule has 12 nitrogen and oxygen atoms in total. The molecule has 0 bridgehead atoms. The van der Waals surface area contributed by atoms with Crippen LogP contribution in [0.15, 0.2) is 30.5 Å². The number of nitro groups is 1. The maximum Gasteiger partial charge on any atom is 0.360 e. The van der Waals surface area contributed by atoms with E-state index in [0.29, 0.717) is 12.0 Å². The Balaban J connectivity index is 1.44. The van der Waals surface area contributed by atoms with Gasteiger partial charge in [0.05, 0.1) is 41.8 Å². The number of amides is 1. The van der Waals surface area contributed by atoms with E-state index >= 15 is 0 Å². The van der Waals surface area contributed by atoms with Crippen LogP contribution in [0, 0.1) is 10.1 Å². The van der Waals surface area contributed by atoms with Gasteiger partial charge in [0.1, 0.15) is 12.6 Å². The number of nitrogens with zero attached hydrogens (tertiary/aromatic N) is 5. The number of hydrogen-bond acceptors (Lipinski definition) is 10. The highest BCUT2D eigenvalue weighted by Gasteiger charge is 2.55. The Morgan fingerprint density at radius 3 is 2.71 bits per heavy atom. The summed E-state index contributed by atoms with van der Waals surface area (Å²) in [6.45, 7) is 0.166. The SMILES string of the molecule is COC(=O)c1cn(C[C@@H]2S[C@@H]3CC(=O)N3[C@H]2C(=O)OCc2ccc([N+](=O)[O-])cc2)nn1. The average Bonchev–Trinajstić information content (AvgIpc) is 3.34. The number of thioether (sulfide) groups is 1. The summed E-state index contributed by atoms with van der Waals surface area (Å²) in [6.07, 6.45) is 1.76. The first kappa shape index (κ1) is 20.8. The Bertz CT molecular complexity index is 1040. The monoisotopic (exact) mass is 447 g/mol. The van der Waals surface area contributed by atoms with Crippen molar-refractivity contribution in [3.63, 3.8) is 0 Å². The molecule has 3 atom stereocenters. The summed E-state index contributed by atoms with van der Waals surface area (Å²) in [6, 6.07) is 4.87. The molecule has 31 heavy (non-hydrogen) atoms. The summed E-state index contributed by atoms with van der Waals surface area (Å²) in [5.74, 6) is -1.32. The molecule has 1 aromatic heterocycles. The van der Waals surface area contributed by atoms with E-state index in [1.165, 1.54) is 58.9 Å². The molecule has 4 rings (SSSR count). The van der Waals surface area contributed by atoms with Gasteiger partial charge >= 0.3 is 11.9 Å². The minimum Gasteiger partial charge on any atom is -0.464 e. The van der Waals surface area contributed by atoms with Gasteiger partial charge in [-0.05, 0) is 17.7 Å². The molecule has 162 valence electrons. The predicted molar refractivity (Wildman–Crippen MR) is 105 cm³/mol. The fourth-order valence-corrected chi connectivity index (χ4v) is 5.09. The molecule has 2 saturated heterocycles. The van der Waals surface area contributed by atoms with Crippen LogP contribution in [-0.2, 0) is 32.2 Å². The van der Waals surface area contributed by atoms with E-state index in [9.17, 15) is 24.5 Å². The summed E-state index contributed by atoms with van der Waals surface area (Å²) >= 11 is 1.47. The highest BCUT2D eigenvalue weighted by atomic mass is 32.2. The fraction of sp³-hybridized carbons (Fsp3) is 0.389. The Morgan fingerprint density at radius 1 is 1.32 bits per heavy atom. The molecule has 1 aromatic carbocycles. The van der Waals surface area contributed by atoms with Gasteiger partial charge in [0.15, 0.2) is 5.69 Å². The van der Waals surface area contributed by atoms with Crippen molar-refractivity contribution in [2.24, 2.45) is 0 Å². The Labute approximate surface area is 179 Å². The third kappa shape index (κ3) is 4.08. The Kier molecular flexibility index (Phi) is 5.59. The lowest BCUT2D eigenvalue weighted by Crippen LogP contribution is -2.56. The number of methoxy groups -OCH3 is 1. The molecule has 1 amide bonds. The molecule has 0 saturated carbocycles. The molecule has 2 aliphatic heterocycles. The van der Waals surface area contributed by atoms with Gasteiger partial charge < -0.3 is 14.4 Å². The summed E-state index contributed by atoms with van der Waals surface area (Å²) in [7, 11) is 1.24. The van der Waals surface area contributed by atoms with Crippen molar-refractivity contribution in [1.29, 1.82) is 0 Å². The third-order valence-electron chi connectivity index (χ3n) is 5.00. The number of non-ortho nitro benzene ring substituents is 1. The smallest absolute Gasteiger partial charge is 0.360 e. The first-order valence-corrected chi connectivity index (χ1v) is 10.2. The number of benzene rings is 1. The number of carbonyl (C=O) groups is 3. The highest BCUT2D eigenvalue weighted by Crippen LogP contribution is 2.45. The van der Waals surface area contributed by atoms with Crippen molar-refractivity contribution >= 4 is 35.3 Å². The van der Waals surface area contributed by atoms with Gasteiger partial charge in [-0.25, -0.2) is 9.59 Å². The van der Waals surface area contributed by atoms with E-state index in [1.807, 2.05) is 0 Å². The molecule has 0 spiro atoms. The van der Waals surface area contributed by atoms with Crippen LogP contribution in [0.1, 0.15) is 22.5 Å². The van der Waals surface area contributed by atoms with Gasteiger partial charge in [0.2, 0.25) is 5.91 Å². The molecule has 0 unspecified atom stereocenters. The second-order valence-corrected chi connectivity index (χ2v) is 8.35. The van der Waals surface area contributed by atoms with Gasteiger partial charge in [-0.2, -0.15) is 0 Å². The van der Waals surface area contributed by atoms with E-state index in [4.69, 9.17) is 4.74 Å². The summed E-state index contributed by atoms with van der Waals surface area (Å²) in [5, 5.41) is 17.9. The first-order chi connectivity index (χ1) is 14.9. The van der Waals surface area contributed by atoms with Gasteiger partial charge in [-0.15, -0.1) is 16.9 Å². The quantitative estimate of drug-likeness (QED) is 0.258. The van der Waals surface area contributed by atoms with Crippen LogP contribution >= 0.6 is 11.8 Å². The zero-order valence-electron chi connectivity index (χ0n) is 16.2. The van der Waals surface area contributed by atoms with Crippen molar-refractivity contribution < 1.29 is 28.8 Å². The molecule has 0 aliphatic carbocycles. The lowest BCUT2D eigenvalue weighted by molar-refractivity contribution is -0.384. The topological polar surface area (TPSA) is 147 Å². The average molecular weight is 447 g/mol. The molecule has 2 aliphatic rings. The number of fused-ring (bicyclic) bond motifs is 1. The van der Waals surface area contributed by atoms with Crippen LogP contribution in [0.2, 0.25) is 0 Å². The molecular formula is C18H17N5O7S. The number of hydrogen-bond donors (Lipinski definition) is 0. The molecule has 0 radical (unpaired) electrons. The summed E-state index contributed by atoms with van der Waals surface area (Å²) in [5.41, 5.74) is 0.573. The number of esters is 2. The van der Waals surface area contributed by atoms with Crippen molar-refractivity contribution in [3.05, 3.63) is 51.8 Å². The maximum absolute atomic E-state index is 12.8. The number of rotatable bonds is 7. The normalized spacial score (nSPS) is 21.9. The van der Waals surface area contributed by atoms with Crippen LogP contribution in [0.3, 0.4) is 0 Å². The molecule has 3 heterocycles. The van der Waals surface area contributed by atoms with Crippen molar-refractivity contribution in [2.75, 3.05) is 7.11 Å². The second-order valence-electron chi connectivity index (χ2n) is 6.93. The largest absolute Gasteiger partial charge is 0.464 e. The van der Waals surface area contributed by atoms with Crippen LogP contribution in [0.4, 0.5) is 5.69 Å². The molecular weight excluding hydrogens is 430 g/mol. The van der Waals surface area contributed by atoms with E-state index in [-0.39, 0.29) is 41.1 Å². The van der Waals surface area contributed by atoms with Crippen molar-refractivity contribution in [2.45, 2.75) is 36.2 Å². The van der Waals surface area contributed by atoms with Crippen LogP contribution in [0.25, 0.3) is 0 Å². The number of aromatic nitrogens is 3. The number of nitro benzene ring substituents is 1. The van der Waals surface area contributed by atoms with Crippen LogP contribution in [-0.4, -0.2) is 66.4 Å². The zero-order chi connectivity index (χ0) is 22.1. The minimum absolute atomic E-state index is 0.0437. The standard InChI is InChI=1S/C18H17N5O7S/c1-29-17(25)12-7-21(20-19-12)8-13-16(22-14(24)6-15(22)31-13)18(26)30-9-10-2-4-11(5-3-10)23(27)28/h2-5,7,13,15-16H,6,8-9H2,1H3/t13-,15+,16+/m0/s1. The van der Waals surface area contributed by atoms with Gasteiger partial charge in [0, 0.05) is 12.1 Å². The van der Waals surface area contributed by atoms with Crippen LogP contribution in [0.5, 0.6) is 0 Å². The number of carbonyl (C=O) groups excluding carboxylic acids is 3. The van der Waals surface area contributed by atoms with E-state index in [0.717, 1.165) is 0 Å². The summed E-state index contributed by atoms with van der Waals surface area (Å²) in [4.78, 5) is 48.2. The molecule has 2 fully saturated rings. The van der Waals surface area contributed by atoms with Gasteiger partial charge in [-0.3, -0.25) is 19.6 Å². The van der Waals surface area contributed by atoms with Crippen molar-refractivity contribution in [1.82, 2.24) is 19.9 Å². The van der Waals surface area contributed by atoms with Gasteiger partial charge in [0.25, 0.3) is 5.69 Å². The molecule has 2 aromatic rings. The van der Waals surface area contributed by atoms with Gasteiger partial charge in [-0.1, -0.05) is 5.21 Å². The first-order valence-electron chi connectivity index (χ1n) is 9.22. The van der Waals surface area contributed by atoms with Crippen LogP contribution < -0.4 is 0 Å². The van der Waals surface area contributed by atoms with E-state index in [2.05, 4.69) is 15.0 Å². The summed E-state index contributed by atoms with van der Waals surface area (Å²) < 4.78 is 11.4. The second kappa shape index (κ2) is 8.34. The lowest BCUT2D eigenvalue weighted by atomic mass is 10.1. The highest BCUT2D eigenvalue weighted by molar-refractivity contribution is 8.01. The molecule has 0 N–H and O–H groups in total. The Morgan fingerprint density at radius 2 is 2.06 bits per heavy atom. The maximum atomic E-state index is 12.8. The third-order valence-corrected chi connectivity index (χ3v) is 6.47. The van der Waals surface area contributed by atoms with E-state index < -0.39 is 22.9 Å². The predicted octanol–water partition coefficient (Wildman–Crippen LogP) is 0.759. The number of β-lactam (4-membered cyclic amide) rings is 1. The Hall–Kier alpha value is -3.48. The zero-order valence-corrected chi connectivity index (χ0v) is 17.1. The number of ether oxygens (including phenoxy) is 2.